The van der Waals surface area contributed by atoms with E-state index in [0.717, 1.165) is 36.1 Å². The van der Waals surface area contributed by atoms with Crippen LogP contribution in [0.2, 0.25) is 0 Å². The van der Waals surface area contributed by atoms with Gasteiger partial charge in [-0.2, -0.15) is 0 Å². The minimum atomic E-state index is -0.209. The number of hydrogen-bond acceptors (Lipinski definition) is 3. The molecular weight excluding hydrogens is 294 g/mol. The van der Waals surface area contributed by atoms with Crippen LogP contribution in [0.4, 0.5) is 5.69 Å². The SMILES string of the molecule is CC(Nc1cncc(Br)c1)C(=O)N1CCCCC1. The zero-order chi connectivity index (χ0) is 13.0. The van der Waals surface area contributed by atoms with Crippen molar-refractivity contribution in [2.75, 3.05) is 18.4 Å². The molecule has 2 rings (SSSR count). The Morgan fingerprint density at radius 2 is 2.11 bits per heavy atom. The minimum absolute atomic E-state index is 0.176. The molecule has 1 unspecified atom stereocenters. The standard InChI is InChI=1S/C13H18BrN3O/c1-10(13(18)17-5-3-2-4-6-17)16-12-7-11(14)8-15-9-12/h7-10,16H,2-6H2,1H3. The first-order valence-corrected chi connectivity index (χ1v) is 7.12. The van der Waals surface area contributed by atoms with Crippen LogP contribution in [0.3, 0.4) is 0 Å². The number of halogens is 1. The van der Waals surface area contributed by atoms with E-state index in [1.165, 1.54) is 6.42 Å². The van der Waals surface area contributed by atoms with Crippen LogP contribution in [0.5, 0.6) is 0 Å². The van der Waals surface area contributed by atoms with Gasteiger partial charge in [0.15, 0.2) is 0 Å². The molecule has 1 aliphatic rings. The Hall–Kier alpha value is -1.10. The largest absolute Gasteiger partial charge is 0.373 e. The molecule has 0 saturated carbocycles. The molecular formula is C13H18BrN3O. The summed E-state index contributed by atoms with van der Waals surface area (Å²) in [5, 5.41) is 3.20. The van der Waals surface area contributed by atoms with Crippen LogP contribution in [-0.4, -0.2) is 34.9 Å². The molecule has 1 aromatic heterocycles. The minimum Gasteiger partial charge on any atom is -0.373 e. The van der Waals surface area contributed by atoms with Gasteiger partial charge >= 0.3 is 0 Å². The van der Waals surface area contributed by atoms with Crippen molar-refractivity contribution in [1.29, 1.82) is 0 Å². The van der Waals surface area contributed by atoms with Gasteiger partial charge in [0.2, 0.25) is 5.91 Å². The number of hydrogen-bond donors (Lipinski definition) is 1. The monoisotopic (exact) mass is 311 g/mol. The summed E-state index contributed by atoms with van der Waals surface area (Å²) in [5.74, 6) is 0.176. The van der Waals surface area contributed by atoms with E-state index in [1.54, 1.807) is 12.4 Å². The molecule has 0 aliphatic carbocycles. The van der Waals surface area contributed by atoms with Crippen LogP contribution in [0.15, 0.2) is 22.9 Å². The van der Waals surface area contributed by atoms with Crippen LogP contribution in [0.25, 0.3) is 0 Å². The Bertz CT molecular complexity index is 418. The summed E-state index contributed by atoms with van der Waals surface area (Å²) in [5.41, 5.74) is 0.863. The second-order valence-electron chi connectivity index (χ2n) is 4.64. The maximum Gasteiger partial charge on any atom is 0.244 e. The highest BCUT2D eigenvalue weighted by Gasteiger charge is 2.21. The fourth-order valence-corrected chi connectivity index (χ4v) is 2.56. The quantitative estimate of drug-likeness (QED) is 0.933. The Kier molecular flexibility index (Phi) is 4.58. The average molecular weight is 312 g/mol. The average Bonchev–Trinajstić information content (AvgIpc) is 2.39. The zero-order valence-corrected chi connectivity index (χ0v) is 12.1. The zero-order valence-electron chi connectivity index (χ0n) is 10.5. The fraction of sp³-hybridized carbons (Fsp3) is 0.538. The summed E-state index contributed by atoms with van der Waals surface area (Å²) in [6.07, 6.45) is 6.93. The number of carbonyl (C=O) groups excluding carboxylic acids is 1. The predicted octanol–water partition coefficient (Wildman–Crippen LogP) is 2.66. The van der Waals surface area contributed by atoms with Crippen molar-refractivity contribution in [1.82, 2.24) is 9.88 Å². The van der Waals surface area contributed by atoms with Gasteiger partial charge < -0.3 is 10.2 Å². The van der Waals surface area contributed by atoms with Gasteiger partial charge in [-0.1, -0.05) is 0 Å². The summed E-state index contributed by atoms with van der Waals surface area (Å²) < 4.78 is 0.908. The van der Waals surface area contributed by atoms with Crippen LogP contribution < -0.4 is 5.32 Å². The Balaban J connectivity index is 1.94. The number of anilines is 1. The fourth-order valence-electron chi connectivity index (χ4n) is 2.19. The third kappa shape index (κ3) is 3.45. The first-order chi connectivity index (χ1) is 8.66. The van der Waals surface area contributed by atoms with E-state index in [-0.39, 0.29) is 11.9 Å². The molecule has 0 bridgehead atoms. The van der Waals surface area contributed by atoms with Crippen LogP contribution in [-0.2, 0) is 4.79 Å². The Morgan fingerprint density at radius 1 is 1.39 bits per heavy atom. The van der Waals surface area contributed by atoms with Crippen molar-refractivity contribution in [3.05, 3.63) is 22.9 Å². The lowest BCUT2D eigenvalue weighted by Gasteiger charge is -2.29. The number of pyridine rings is 1. The first kappa shape index (κ1) is 13.3. The summed E-state index contributed by atoms with van der Waals surface area (Å²) in [7, 11) is 0. The van der Waals surface area contributed by atoms with Gasteiger partial charge in [-0.25, -0.2) is 0 Å². The second-order valence-corrected chi connectivity index (χ2v) is 5.56. The van der Waals surface area contributed by atoms with E-state index in [9.17, 15) is 4.79 Å². The van der Waals surface area contributed by atoms with Gasteiger partial charge in [0.25, 0.3) is 0 Å². The molecule has 1 N–H and O–H groups in total. The van der Waals surface area contributed by atoms with Crippen LogP contribution >= 0.6 is 15.9 Å². The molecule has 5 heteroatoms. The summed E-state index contributed by atoms with van der Waals surface area (Å²) >= 11 is 3.37. The lowest BCUT2D eigenvalue weighted by molar-refractivity contribution is -0.132. The van der Waals surface area contributed by atoms with E-state index in [1.807, 2.05) is 17.9 Å². The topological polar surface area (TPSA) is 45.2 Å². The number of nitrogens with zero attached hydrogens (tertiary/aromatic N) is 2. The number of piperidine rings is 1. The Labute approximate surface area is 116 Å². The molecule has 1 aromatic rings. The van der Waals surface area contributed by atoms with E-state index in [4.69, 9.17) is 0 Å². The predicted molar refractivity (Wildman–Crippen MR) is 75.5 cm³/mol. The number of carbonyl (C=O) groups is 1. The molecule has 1 atom stereocenters. The molecule has 18 heavy (non-hydrogen) atoms. The second kappa shape index (κ2) is 6.18. The van der Waals surface area contributed by atoms with Crippen molar-refractivity contribution in [2.45, 2.75) is 32.2 Å². The van der Waals surface area contributed by atoms with Crippen LogP contribution in [0, 0.1) is 0 Å². The van der Waals surface area contributed by atoms with E-state index >= 15 is 0 Å². The van der Waals surface area contributed by atoms with Gasteiger partial charge in [0, 0.05) is 23.8 Å². The normalized spacial score (nSPS) is 17.3. The van der Waals surface area contributed by atoms with Crippen molar-refractivity contribution in [2.24, 2.45) is 0 Å². The smallest absolute Gasteiger partial charge is 0.244 e. The third-order valence-electron chi connectivity index (χ3n) is 3.13. The lowest BCUT2D eigenvalue weighted by atomic mass is 10.1. The number of amides is 1. The maximum atomic E-state index is 12.2. The third-order valence-corrected chi connectivity index (χ3v) is 3.56. The lowest BCUT2D eigenvalue weighted by Crippen LogP contribution is -2.43. The van der Waals surface area contributed by atoms with Gasteiger partial charge in [-0.05, 0) is 48.2 Å². The molecule has 4 nitrogen and oxygen atoms in total. The highest BCUT2D eigenvalue weighted by molar-refractivity contribution is 9.10. The summed E-state index contributed by atoms with van der Waals surface area (Å²) in [4.78, 5) is 18.2. The molecule has 0 aromatic carbocycles. The number of rotatable bonds is 3. The molecule has 1 aliphatic heterocycles. The van der Waals surface area contributed by atoms with Gasteiger partial charge in [-0.3, -0.25) is 9.78 Å². The molecule has 1 saturated heterocycles. The van der Waals surface area contributed by atoms with E-state index in [0.29, 0.717) is 0 Å². The van der Waals surface area contributed by atoms with Gasteiger partial charge in [-0.15, -0.1) is 0 Å². The van der Waals surface area contributed by atoms with Gasteiger partial charge in [0.1, 0.15) is 6.04 Å². The maximum absolute atomic E-state index is 12.2. The molecule has 98 valence electrons. The van der Waals surface area contributed by atoms with Crippen molar-refractivity contribution >= 4 is 27.5 Å². The first-order valence-electron chi connectivity index (χ1n) is 6.32. The highest BCUT2D eigenvalue weighted by atomic mass is 79.9. The van der Waals surface area contributed by atoms with E-state index in [2.05, 4.69) is 26.2 Å². The summed E-state index contributed by atoms with van der Waals surface area (Å²) in [6.45, 7) is 3.68. The summed E-state index contributed by atoms with van der Waals surface area (Å²) in [6, 6.07) is 1.71. The van der Waals surface area contributed by atoms with Gasteiger partial charge in [0.05, 0.1) is 11.9 Å². The molecule has 0 spiro atoms. The van der Waals surface area contributed by atoms with E-state index < -0.39 is 0 Å². The van der Waals surface area contributed by atoms with Crippen molar-refractivity contribution < 1.29 is 4.79 Å². The molecule has 1 amide bonds. The number of aromatic nitrogens is 1. The molecule has 0 radical (unpaired) electrons. The Morgan fingerprint density at radius 3 is 2.78 bits per heavy atom. The number of likely N-dealkylation sites (tertiary alicyclic amines) is 1. The van der Waals surface area contributed by atoms with Crippen LogP contribution in [0.1, 0.15) is 26.2 Å². The molecule has 2 heterocycles. The highest BCUT2D eigenvalue weighted by Crippen LogP contribution is 2.16. The molecule has 1 fully saturated rings. The van der Waals surface area contributed by atoms with Crippen molar-refractivity contribution in [3.63, 3.8) is 0 Å². The number of nitrogens with one attached hydrogen (secondary N) is 1. The van der Waals surface area contributed by atoms with Crippen molar-refractivity contribution in [3.8, 4) is 0 Å².